The van der Waals surface area contributed by atoms with E-state index in [9.17, 15) is 9.59 Å². The van der Waals surface area contributed by atoms with Gasteiger partial charge in [0.1, 0.15) is 4.83 Å². The van der Waals surface area contributed by atoms with Gasteiger partial charge in [0.05, 0.1) is 34.5 Å². The van der Waals surface area contributed by atoms with Crippen molar-refractivity contribution in [2.45, 2.75) is 37.7 Å². The van der Waals surface area contributed by atoms with Gasteiger partial charge < -0.3 is 10.1 Å². The number of nitrogens with one attached hydrogen (secondary N) is 1. The van der Waals surface area contributed by atoms with Crippen LogP contribution >= 0.6 is 46.3 Å². The van der Waals surface area contributed by atoms with Gasteiger partial charge >= 0.3 is 0 Å². The molecule has 6 nitrogen and oxygen atoms in total. The number of amides is 1. The lowest BCUT2D eigenvalue weighted by atomic mass is 10.2. The van der Waals surface area contributed by atoms with Crippen molar-refractivity contribution in [1.29, 1.82) is 0 Å². The van der Waals surface area contributed by atoms with Gasteiger partial charge in [0.25, 0.3) is 5.56 Å². The van der Waals surface area contributed by atoms with E-state index < -0.39 is 5.25 Å². The van der Waals surface area contributed by atoms with Crippen molar-refractivity contribution >= 4 is 68.1 Å². The number of rotatable bonds is 7. The summed E-state index contributed by atoms with van der Waals surface area (Å²) >= 11 is 14.8. The zero-order chi connectivity index (χ0) is 22.0. The number of hydrogen-bond acceptors (Lipinski definition) is 6. The molecule has 0 aliphatic carbocycles. The van der Waals surface area contributed by atoms with Gasteiger partial charge in [0.15, 0.2) is 5.16 Å². The lowest BCUT2D eigenvalue weighted by Gasteiger charge is -2.16. The third kappa shape index (κ3) is 4.84. The third-order valence-corrected chi connectivity index (χ3v) is 7.37. The molecular formula is C20H21Cl2N3O3S2. The molecule has 0 fully saturated rings. The van der Waals surface area contributed by atoms with Gasteiger partial charge in [-0.15, -0.1) is 11.3 Å². The Labute approximate surface area is 192 Å². The van der Waals surface area contributed by atoms with E-state index in [1.165, 1.54) is 23.1 Å². The Kier molecular flexibility index (Phi) is 7.47. The second kappa shape index (κ2) is 9.70. The van der Waals surface area contributed by atoms with E-state index in [0.717, 1.165) is 10.4 Å². The van der Waals surface area contributed by atoms with Gasteiger partial charge in [0, 0.05) is 17.0 Å². The molecule has 0 saturated heterocycles. The van der Waals surface area contributed by atoms with Gasteiger partial charge in [-0.2, -0.15) is 0 Å². The topological polar surface area (TPSA) is 73.2 Å². The van der Waals surface area contributed by atoms with E-state index in [1.54, 1.807) is 36.8 Å². The van der Waals surface area contributed by atoms with E-state index in [2.05, 4.69) is 5.32 Å². The molecule has 0 unspecified atom stereocenters. The number of ether oxygens (including phenoxy) is 1. The van der Waals surface area contributed by atoms with Crippen molar-refractivity contribution in [2.75, 3.05) is 19.0 Å². The summed E-state index contributed by atoms with van der Waals surface area (Å²) in [6.07, 6.45) is 0. The highest BCUT2D eigenvalue weighted by molar-refractivity contribution is 8.00. The highest BCUT2D eigenvalue weighted by atomic mass is 35.5. The van der Waals surface area contributed by atoms with E-state index in [4.69, 9.17) is 32.9 Å². The summed E-state index contributed by atoms with van der Waals surface area (Å²) in [4.78, 5) is 32.3. The van der Waals surface area contributed by atoms with Gasteiger partial charge in [-0.1, -0.05) is 35.0 Å². The fourth-order valence-corrected chi connectivity index (χ4v) is 5.16. The maximum Gasteiger partial charge on any atom is 0.263 e. The number of carbonyl (C=O) groups is 1. The first kappa shape index (κ1) is 23.1. The van der Waals surface area contributed by atoms with Crippen LogP contribution in [0.3, 0.4) is 0 Å². The molecular weight excluding hydrogens is 465 g/mol. The maximum absolute atomic E-state index is 13.1. The highest BCUT2D eigenvalue weighted by Gasteiger charge is 2.22. The monoisotopic (exact) mass is 485 g/mol. The molecule has 30 heavy (non-hydrogen) atoms. The molecule has 2 heterocycles. The number of fused-ring (bicyclic) bond motifs is 1. The average molecular weight is 486 g/mol. The summed E-state index contributed by atoms with van der Waals surface area (Å²) in [6, 6.07) is 4.86. The number of aryl methyl sites for hydroxylation is 2. The average Bonchev–Trinajstić information content (AvgIpc) is 2.98. The molecule has 1 atom stereocenters. The quantitative estimate of drug-likeness (QED) is 0.370. The van der Waals surface area contributed by atoms with Crippen LogP contribution in [0.15, 0.2) is 28.2 Å². The van der Waals surface area contributed by atoms with Gasteiger partial charge in [0.2, 0.25) is 5.91 Å². The number of nitrogens with zero attached hydrogens (tertiary/aromatic N) is 2. The lowest BCUT2D eigenvalue weighted by Crippen LogP contribution is -2.28. The van der Waals surface area contributed by atoms with Crippen molar-refractivity contribution in [3.8, 4) is 0 Å². The highest BCUT2D eigenvalue weighted by Crippen LogP contribution is 2.31. The number of halogens is 2. The fourth-order valence-electron chi connectivity index (χ4n) is 2.82. The number of carbonyl (C=O) groups excluding carboxylic acids is 1. The number of thioether (sulfide) groups is 1. The zero-order valence-corrected chi connectivity index (χ0v) is 20.1. The third-order valence-electron chi connectivity index (χ3n) is 4.61. The molecule has 2 aromatic heterocycles. The molecule has 1 aromatic carbocycles. The van der Waals surface area contributed by atoms with Crippen LogP contribution in [0.25, 0.3) is 10.2 Å². The van der Waals surface area contributed by atoms with E-state index >= 15 is 0 Å². The van der Waals surface area contributed by atoms with Gasteiger partial charge in [-0.3, -0.25) is 14.2 Å². The molecule has 0 radical (unpaired) electrons. The van der Waals surface area contributed by atoms with Crippen molar-refractivity contribution in [2.24, 2.45) is 0 Å². The standard InChI is InChI=1S/C20H21Cl2N3O3S2/c1-10-11(2)29-18-16(10)19(27)25(7-8-28-4)20(24-18)30-12(3)17(26)23-15-9-13(21)5-6-14(15)22/h5-6,9,12H,7-8H2,1-4H3,(H,23,26)/t12-/m0/s1. The minimum Gasteiger partial charge on any atom is -0.383 e. The molecule has 3 rings (SSSR count). The molecule has 0 spiro atoms. The van der Waals surface area contributed by atoms with Gasteiger partial charge in [-0.05, 0) is 44.5 Å². The summed E-state index contributed by atoms with van der Waals surface area (Å²) < 4.78 is 6.73. The molecule has 1 amide bonds. The summed E-state index contributed by atoms with van der Waals surface area (Å²) in [6.45, 7) is 6.36. The summed E-state index contributed by atoms with van der Waals surface area (Å²) in [5.41, 5.74) is 1.26. The summed E-state index contributed by atoms with van der Waals surface area (Å²) in [7, 11) is 1.58. The number of anilines is 1. The van der Waals surface area contributed by atoms with Crippen LogP contribution in [0.2, 0.25) is 10.0 Å². The number of methoxy groups -OCH3 is 1. The van der Waals surface area contributed by atoms with Crippen LogP contribution in [0.5, 0.6) is 0 Å². The molecule has 0 aliphatic rings. The minimum absolute atomic E-state index is 0.119. The van der Waals surface area contributed by atoms with E-state index in [1.807, 2.05) is 13.8 Å². The molecule has 160 valence electrons. The molecule has 10 heteroatoms. The minimum atomic E-state index is -0.527. The van der Waals surface area contributed by atoms with Crippen LogP contribution < -0.4 is 10.9 Å². The zero-order valence-electron chi connectivity index (χ0n) is 16.9. The number of hydrogen-bond donors (Lipinski definition) is 1. The molecule has 0 saturated carbocycles. The lowest BCUT2D eigenvalue weighted by molar-refractivity contribution is -0.115. The summed E-state index contributed by atoms with van der Waals surface area (Å²) in [5, 5.41) is 4.23. The normalized spacial score (nSPS) is 12.3. The Morgan fingerprint density at radius 3 is 2.80 bits per heavy atom. The Morgan fingerprint density at radius 1 is 1.37 bits per heavy atom. The van der Waals surface area contributed by atoms with Crippen molar-refractivity contribution in [3.63, 3.8) is 0 Å². The Balaban J connectivity index is 1.92. The SMILES string of the molecule is COCCn1c(S[C@@H](C)C(=O)Nc2cc(Cl)ccc2Cl)nc2sc(C)c(C)c2c1=O. The predicted molar refractivity (Wildman–Crippen MR) is 126 cm³/mol. The fraction of sp³-hybridized carbons (Fsp3) is 0.350. The summed E-state index contributed by atoms with van der Waals surface area (Å²) in [5.74, 6) is -0.268. The first-order valence-corrected chi connectivity index (χ1v) is 11.6. The van der Waals surface area contributed by atoms with Crippen LogP contribution in [-0.4, -0.2) is 34.4 Å². The molecule has 3 aromatic rings. The molecule has 0 aliphatic heterocycles. The molecule has 0 bridgehead atoms. The molecule has 1 N–H and O–H groups in total. The van der Waals surface area contributed by atoms with Crippen LogP contribution in [0.4, 0.5) is 5.69 Å². The van der Waals surface area contributed by atoms with E-state index in [-0.39, 0.29) is 11.5 Å². The smallest absolute Gasteiger partial charge is 0.263 e. The number of thiophene rings is 1. The van der Waals surface area contributed by atoms with Crippen molar-refractivity contribution < 1.29 is 9.53 Å². The predicted octanol–water partition coefficient (Wildman–Crippen LogP) is 5.15. The van der Waals surface area contributed by atoms with Crippen molar-refractivity contribution in [1.82, 2.24) is 9.55 Å². The Hall–Kier alpha value is -1.58. The van der Waals surface area contributed by atoms with Gasteiger partial charge in [-0.25, -0.2) is 4.98 Å². The second-order valence-electron chi connectivity index (χ2n) is 6.68. The maximum atomic E-state index is 13.1. The largest absolute Gasteiger partial charge is 0.383 e. The van der Waals surface area contributed by atoms with Crippen LogP contribution in [0.1, 0.15) is 17.4 Å². The van der Waals surface area contributed by atoms with Crippen molar-refractivity contribution in [3.05, 3.63) is 49.0 Å². The Morgan fingerprint density at radius 2 is 2.10 bits per heavy atom. The number of aromatic nitrogens is 2. The first-order valence-electron chi connectivity index (χ1n) is 9.15. The van der Waals surface area contributed by atoms with Crippen LogP contribution in [0, 0.1) is 13.8 Å². The number of benzene rings is 1. The first-order chi connectivity index (χ1) is 14.2. The second-order valence-corrected chi connectivity index (χ2v) is 10.0. The van der Waals surface area contributed by atoms with Crippen LogP contribution in [-0.2, 0) is 16.1 Å². The Bertz CT molecular complexity index is 1160. The van der Waals surface area contributed by atoms with E-state index in [0.29, 0.717) is 44.3 Å².